The van der Waals surface area contributed by atoms with Crippen LogP contribution < -0.4 is 0 Å². The fraction of sp³-hybridized carbons (Fsp3) is 0.458. The van der Waals surface area contributed by atoms with E-state index in [-0.39, 0.29) is 30.0 Å². The zero-order valence-corrected chi connectivity index (χ0v) is 19.1. The molecule has 1 saturated carbocycles. The van der Waals surface area contributed by atoms with E-state index in [1.54, 1.807) is 36.3 Å². The molecule has 1 aromatic heterocycles. The van der Waals surface area contributed by atoms with Crippen LogP contribution in [0.15, 0.2) is 52.2 Å². The Balaban J connectivity index is 1.56. The van der Waals surface area contributed by atoms with Gasteiger partial charge in [-0.05, 0) is 42.7 Å². The molecular formula is C24H28N4O6. The molecule has 1 aliphatic heterocycles. The summed E-state index contributed by atoms with van der Waals surface area (Å²) in [7, 11) is 1.56. The van der Waals surface area contributed by atoms with Gasteiger partial charge in [0.1, 0.15) is 18.3 Å². The maximum Gasteiger partial charge on any atom is 0.269 e. The third kappa shape index (κ3) is 5.17. The van der Waals surface area contributed by atoms with E-state index in [0.717, 1.165) is 25.7 Å². The largest absolute Gasteiger partial charge is 0.467 e. The minimum atomic E-state index is -0.461. The van der Waals surface area contributed by atoms with Crippen molar-refractivity contribution in [2.75, 3.05) is 26.8 Å². The molecule has 0 radical (unpaired) electrons. The summed E-state index contributed by atoms with van der Waals surface area (Å²) < 4.78 is 10.7. The molecule has 34 heavy (non-hydrogen) atoms. The number of carbonyl (C=O) groups excluding carboxylic acids is 2. The highest BCUT2D eigenvalue weighted by Gasteiger charge is 2.37. The van der Waals surface area contributed by atoms with Crippen molar-refractivity contribution in [2.45, 2.75) is 38.1 Å². The lowest BCUT2D eigenvalue weighted by Gasteiger charge is -2.27. The highest BCUT2D eigenvalue weighted by molar-refractivity contribution is 6.03. The Bertz CT molecular complexity index is 1040. The zero-order valence-electron chi connectivity index (χ0n) is 19.1. The van der Waals surface area contributed by atoms with Gasteiger partial charge in [0.05, 0.1) is 23.5 Å². The van der Waals surface area contributed by atoms with Crippen LogP contribution in [0.2, 0.25) is 0 Å². The fourth-order valence-electron chi connectivity index (χ4n) is 4.53. The number of hydrogen-bond donors (Lipinski definition) is 0. The molecule has 0 N–H and O–H groups in total. The van der Waals surface area contributed by atoms with E-state index in [0.29, 0.717) is 36.6 Å². The van der Waals surface area contributed by atoms with Crippen LogP contribution in [-0.4, -0.2) is 59.2 Å². The van der Waals surface area contributed by atoms with Crippen LogP contribution in [-0.2, 0) is 14.3 Å². The van der Waals surface area contributed by atoms with Crippen molar-refractivity contribution in [2.24, 2.45) is 11.0 Å². The standard InChI is InChI=1S/C24H28N4O6/c1-33-14-12-26(24(30)18-5-2-3-6-18)16-23(29)27-21(22-7-4-13-34-22)15-20(25-27)17-8-10-19(11-9-17)28(31)32/h4,7-11,13,18,21H,2-3,5-6,12,14-16H2,1H3/t21-/m1/s1. The molecule has 180 valence electrons. The number of nitro benzene ring substituents is 1. The molecule has 10 nitrogen and oxygen atoms in total. The average molecular weight is 469 g/mol. The Morgan fingerprint density at radius 1 is 1.24 bits per heavy atom. The summed E-state index contributed by atoms with van der Waals surface area (Å²) >= 11 is 0. The van der Waals surface area contributed by atoms with Gasteiger partial charge in [-0.1, -0.05) is 12.8 Å². The molecule has 2 aliphatic rings. The first kappa shape index (κ1) is 23.6. The number of non-ortho nitro benzene ring substituents is 1. The second kappa shape index (κ2) is 10.6. The van der Waals surface area contributed by atoms with Gasteiger partial charge < -0.3 is 14.1 Å². The van der Waals surface area contributed by atoms with Crippen LogP contribution in [0.25, 0.3) is 0 Å². The number of nitro groups is 1. The molecule has 1 aromatic carbocycles. The molecule has 4 rings (SSSR count). The van der Waals surface area contributed by atoms with Gasteiger partial charge in [-0.25, -0.2) is 5.01 Å². The molecule has 2 amide bonds. The van der Waals surface area contributed by atoms with Crippen LogP contribution in [0, 0.1) is 16.0 Å². The lowest BCUT2D eigenvalue weighted by molar-refractivity contribution is -0.384. The number of benzene rings is 1. The number of hydrazone groups is 1. The normalized spacial score (nSPS) is 18.2. The number of methoxy groups -OCH3 is 1. The van der Waals surface area contributed by atoms with E-state index in [2.05, 4.69) is 5.10 Å². The van der Waals surface area contributed by atoms with Gasteiger partial charge in [-0.3, -0.25) is 19.7 Å². The SMILES string of the molecule is COCCN(CC(=O)N1N=C(c2ccc([N+](=O)[O-])cc2)C[C@@H]1c1ccco1)C(=O)C1CCCC1. The summed E-state index contributed by atoms with van der Waals surface area (Å²) in [6.45, 7) is 0.563. The molecule has 1 aliphatic carbocycles. The monoisotopic (exact) mass is 468 g/mol. The second-order valence-electron chi connectivity index (χ2n) is 8.56. The van der Waals surface area contributed by atoms with Crippen LogP contribution in [0.5, 0.6) is 0 Å². The van der Waals surface area contributed by atoms with Crippen LogP contribution in [0.1, 0.15) is 49.5 Å². The van der Waals surface area contributed by atoms with Gasteiger partial charge in [0, 0.05) is 38.1 Å². The molecule has 1 fully saturated rings. The lowest BCUT2D eigenvalue weighted by atomic mass is 10.0. The predicted octanol–water partition coefficient (Wildman–Crippen LogP) is 3.53. The summed E-state index contributed by atoms with van der Waals surface area (Å²) in [5, 5.41) is 16.9. The smallest absolute Gasteiger partial charge is 0.269 e. The van der Waals surface area contributed by atoms with Gasteiger partial charge in [-0.15, -0.1) is 0 Å². The van der Waals surface area contributed by atoms with Crippen LogP contribution in [0.4, 0.5) is 5.69 Å². The van der Waals surface area contributed by atoms with E-state index >= 15 is 0 Å². The van der Waals surface area contributed by atoms with Gasteiger partial charge in [0.2, 0.25) is 5.91 Å². The summed E-state index contributed by atoms with van der Waals surface area (Å²) in [4.78, 5) is 38.6. The van der Waals surface area contributed by atoms with E-state index in [9.17, 15) is 19.7 Å². The molecule has 1 atom stereocenters. The van der Waals surface area contributed by atoms with Crippen molar-refractivity contribution in [3.63, 3.8) is 0 Å². The topological polar surface area (TPSA) is 118 Å². The van der Waals surface area contributed by atoms with Crippen molar-refractivity contribution >= 4 is 23.2 Å². The Kier molecular flexibility index (Phi) is 7.36. The number of rotatable bonds is 9. The van der Waals surface area contributed by atoms with Gasteiger partial charge in [-0.2, -0.15) is 5.10 Å². The molecular weight excluding hydrogens is 440 g/mol. The van der Waals surface area contributed by atoms with E-state index in [4.69, 9.17) is 9.15 Å². The molecule has 2 aromatic rings. The van der Waals surface area contributed by atoms with Gasteiger partial charge in [0.25, 0.3) is 11.6 Å². The second-order valence-corrected chi connectivity index (χ2v) is 8.56. The Morgan fingerprint density at radius 2 is 1.97 bits per heavy atom. The molecule has 0 saturated heterocycles. The minimum absolute atomic E-state index is 0.0166. The van der Waals surface area contributed by atoms with Crippen LogP contribution in [0.3, 0.4) is 0 Å². The highest BCUT2D eigenvalue weighted by Crippen LogP contribution is 2.34. The summed E-state index contributed by atoms with van der Waals surface area (Å²) in [6, 6.07) is 9.14. The molecule has 10 heteroatoms. The van der Waals surface area contributed by atoms with Crippen molar-refractivity contribution in [1.82, 2.24) is 9.91 Å². The summed E-state index contributed by atoms with van der Waals surface area (Å²) in [6.07, 6.45) is 5.67. The zero-order chi connectivity index (χ0) is 24.1. The minimum Gasteiger partial charge on any atom is -0.467 e. The van der Waals surface area contributed by atoms with Gasteiger partial charge in [0.15, 0.2) is 0 Å². The lowest BCUT2D eigenvalue weighted by Crippen LogP contribution is -2.44. The number of nitrogens with zero attached hydrogens (tertiary/aromatic N) is 4. The van der Waals surface area contributed by atoms with E-state index in [1.807, 2.05) is 0 Å². The number of amides is 2. The maximum absolute atomic E-state index is 13.4. The van der Waals surface area contributed by atoms with Crippen LogP contribution >= 0.6 is 0 Å². The molecule has 2 heterocycles. The number of ether oxygens (including phenoxy) is 1. The number of furan rings is 1. The number of carbonyl (C=O) groups is 2. The predicted molar refractivity (Wildman–Crippen MR) is 123 cm³/mol. The first-order chi connectivity index (χ1) is 16.5. The average Bonchev–Trinajstić information content (AvgIpc) is 3.62. The van der Waals surface area contributed by atoms with Gasteiger partial charge >= 0.3 is 0 Å². The van der Waals surface area contributed by atoms with Crippen molar-refractivity contribution < 1.29 is 23.7 Å². The summed E-state index contributed by atoms with van der Waals surface area (Å²) in [5.41, 5.74) is 1.29. The van der Waals surface area contributed by atoms with Crippen molar-refractivity contribution in [3.8, 4) is 0 Å². The Hall–Kier alpha value is -3.53. The summed E-state index contributed by atoms with van der Waals surface area (Å²) in [5.74, 6) is 0.194. The molecule has 0 unspecified atom stereocenters. The number of hydrogen-bond acceptors (Lipinski definition) is 7. The van der Waals surface area contributed by atoms with Crippen molar-refractivity contribution in [1.29, 1.82) is 0 Å². The quantitative estimate of drug-likeness (QED) is 0.410. The molecule has 0 spiro atoms. The Morgan fingerprint density at radius 3 is 2.59 bits per heavy atom. The first-order valence-corrected chi connectivity index (χ1v) is 11.4. The highest BCUT2D eigenvalue weighted by atomic mass is 16.6. The first-order valence-electron chi connectivity index (χ1n) is 11.4. The molecule has 0 bridgehead atoms. The van der Waals surface area contributed by atoms with E-state index < -0.39 is 11.0 Å². The van der Waals surface area contributed by atoms with Crippen molar-refractivity contribution in [3.05, 3.63) is 64.1 Å². The maximum atomic E-state index is 13.4. The third-order valence-corrected chi connectivity index (χ3v) is 6.36. The Labute approximate surface area is 197 Å². The van der Waals surface area contributed by atoms with E-state index in [1.165, 1.54) is 23.4 Å². The third-order valence-electron chi connectivity index (χ3n) is 6.36. The fourth-order valence-corrected chi connectivity index (χ4v) is 4.53.